The number of carbonyl (C=O) groups is 2. The lowest BCUT2D eigenvalue weighted by atomic mass is 9.89. The van der Waals surface area contributed by atoms with Crippen molar-refractivity contribution in [2.75, 3.05) is 40.4 Å². The van der Waals surface area contributed by atoms with Gasteiger partial charge in [-0.25, -0.2) is 0 Å². The van der Waals surface area contributed by atoms with Gasteiger partial charge in [0.05, 0.1) is 25.5 Å². The van der Waals surface area contributed by atoms with Gasteiger partial charge >= 0.3 is 0 Å². The van der Waals surface area contributed by atoms with Crippen molar-refractivity contribution in [2.45, 2.75) is 32.1 Å². The average molecular weight is 451 g/mol. The number of hydrogen-bond donors (Lipinski definition) is 0. The van der Waals surface area contributed by atoms with Crippen LogP contribution in [0.4, 0.5) is 0 Å². The van der Waals surface area contributed by atoms with E-state index in [0.29, 0.717) is 36.6 Å². The van der Waals surface area contributed by atoms with Gasteiger partial charge in [0.25, 0.3) is 11.8 Å². The third-order valence-electron chi connectivity index (χ3n) is 6.28. The Morgan fingerprint density at radius 3 is 2.27 bits per heavy atom. The molecular formula is C25H30N4O4. The Morgan fingerprint density at radius 2 is 1.61 bits per heavy atom. The smallest absolute Gasteiger partial charge is 0.259 e. The fraction of sp³-hybridized carbons (Fsp3) is 0.440. The van der Waals surface area contributed by atoms with Crippen LogP contribution in [0.25, 0.3) is 0 Å². The van der Waals surface area contributed by atoms with Crippen molar-refractivity contribution < 1.29 is 19.1 Å². The third-order valence-corrected chi connectivity index (χ3v) is 6.28. The van der Waals surface area contributed by atoms with Crippen LogP contribution in [0.15, 0.2) is 36.4 Å². The summed E-state index contributed by atoms with van der Waals surface area (Å²) in [5.74, 6) is 0.701. The number of rotatable bonds is 5. The van der Waals surface area contributed by atoms with Crippen LogP contribution in [-0.2, 0) is 0 Å². The van der Waals surface area contributed by atoms with Crippen LogP contribution in [0.2, 0.25) is 0 Å². The van der Waals surface area contributed by atoms with Crippen LogP contribution in [-0.4, -0.2) is 72.0 Å². The molecule has 2 aromatic rings. The summed E-state index contributed by atoms with van der Waals surface area (Å²) in [6, 6.07) is 7.15. The van der Waals surface area contributed by atoms with Crippen LogP contribution < -0.4 is 9.47 Å². The number of aryl methyl sites for hydroxylation is 1. The molecule has 4 heterocycles. The summed E-state index contributed by atoms with van der Waals surface area (Å²) in [4.78, 5) is 39.0. The van der Waals surface area contributed by atoms with Gasteiger partial charge in [-0.2, -0.15) is 4.98 Å². The molecule has 0 bridgehead atoms. The second-order valence-corrected chi connectivity index (χ2v) is 8.37. The van der Waals surface area contributed by atoms with Crippen molar-refractivity contribution in [2.24, 2.45) is 0 Å². The maximum Gasteiger partial charge on any atom is 0.259 e. The van der Waals surface area contributed by atoms with Gasteiger partial charge in [-0.3, -0.25) is 14.6 Å². The predicted octanol–water partition coefficient (Wildman–Crippen LogP) is 3.22. The molecule has 1 fully saturated rings. The standard InChI is InChI=1S/C25H30N4O4/c1-17-7-8-19(24(30)28-13-5-4-6-14-28)22(26-17)18-11-15-29(16-12-18)25(31)20-9-10-21(32-2)27-23(20)33-3/h4-5,7-10,18H,6,11-16H2,1-3H3. The third kappa shape index (κ3) is 4.84. The number of methoxy groups -OCH3 is 2. The van der Waals surface area contributed by atoms with E-state index in [1.807, 2.05) is 34.9 Å². The Balaban J connectivity index is 1.49. The van der Waals surface area contributed by atoms with E-state index in [-0.39, 0.29) is 23.6 Å². The minimum absolute atomic E-state index is 0.0365. The van der Waals surface area contributed by atoms with Crippen LogP contribution in [0.3, 0.4) is 0 Å². The van der Waals surface area contributed by atoms with E-state index >= 15 is 0 Å². The number of amides is 2. The zero-order valence-corrected chi connectivity index (χ0v) is 19.4. The molecule has 2 aromatic heterocycles. The van der Waals surface area contributed by atoms with Gasteiger partial charge < -0.3 is 19.3 Å². The molecule has 0 atom stereocenters. The average Bonchev–Trinajstić information content (AvgIpc) is 2.88. The molecule has 8 nitrogen and oxygen atoms in total. The minimum Gasteiger partial charge on any atom is -0.481 e. The van der Waals surface area contributed by atoms with Gasteiger partial charge in [-0.05, 0) is 44.4 Å². The quantitative estimate of drug-likeness (QED) is 0.651. The number of ether oxygens (including phenoxy) is 2. The van der Waals surface area contributed by atoms with Crippen molar-refractivity contribution in [1.29, 1.82) is 0 Å². The predicted molar refractivity (Wildman–Crippen MR) is 124 cm³/mol. The SMILES string of the molecule is COc1ccc(C(=O)N2CCC(c3nc(C)ccc3C(=O)N3CC=CCC3)CC2)c(OC)n1. The molecule has 2 amide bonds. The number of carbonyl (C=O) groups excluding carboxylic acids is 2. The molecule has 2 aliphatic heterocycles. The number of pyridine rings is 2. The summed E-state index contributed by atoms with van der Waals surface area (Å²) in [7, 11) is 3.01. The van der Waals surface area contributed by atoms with E-state index in [1.165, 1.54) is 14.2 Å². The van der Waals surface area contributed by atoms with E-state index in [4.69, 9.17) is 14.5 Å². The molecule has 0 N–H and O–H groups in total. The highest BCUT2D eigenvalue weighted by atomic mass is 16.5. The highest BCUT2D eigenvalue weighted by Gasteiger charge is 2.30. The fourth-order valence-corrected chi connectivity index (χ4v) is 4.45. The second kappa shape index (κ2) is 10.0. The summed E-state index contributed by atoms with van der Waals surface area (Å²) in [6.45, 7) is 4.47. The maximum absolute atomic E-state index is 13.2. The van der Waals surface area contributed by atoms with E-state index in [9.17, 15) is 9.59 Å². The number of piperidine rings is 1. The van der Waals surface area contributed by atoms with Gasteiger partial charge in [0.15, 0.2) is 0 Å². The minimum atomic E-state index is -0.117. The zero-order valence-electron chi connectivity index (χ0n) is 19.4. The molecule has 0 spiro atoms. The lowest BCUT2D eigenvalue weighted by Gasteiger charge is -2.33. The maximum atomic E-state index is 13.2. The Morgan fingerprint density at radius 1 is 0.879 bits per heavy atom. The van der Waals surface area contributed by atoms with E-state index < -0.39 is 0 Å². The van der Waals surface area contributed by atoms with Gasteiger partial charge in [0.1, 0.15) is 5.56 Å². The first-order valence-electron chi connectivity index (χ1n) is 11.3. The van der Waals surface area contributed by atoms with Gasteiger partial charge in [0.2, 0.25) is 11.8 Å². The molecule has 2 aliphatic rings. The van der Waals surface area contributed by atoms with Crippen molar-refractivity contribution in [3.05, 3.63) is 58.9 Å². The summed E-state index contributed by atoms with van der Waals surface area (Å²) in [6.07, 6.45) is 6.51. The summed E-state index contributed by atoms with van der Waals surface area (Å²) < 4.78 is 10.4. The number of likely N-dealkylation sites (tertiary alicyclic amines) is 1. The topological polar surface area (TPSA) is 84.9 Å². The molecule has 8 heteroatoms. The van der Waals surface area contributed by atoms with Crippen LogP contribution in [0.5, 0.6) is 11.8 Å². The number of hydrogen-bond acceptors (Lipinski definition) is 6. The lowest BCUT2D eigenvalue weighted by molar-refractivity contribution is 0.0701. The fourth-order valence-electron chi connectivity index (χ4n) is 4.45. The molecule has 0 aliphatic carbocycles. The molecular weight excluding hydrogens is 420 g/mol. The van der Waals surface area contributed by atoms with Crippen LogP contribution in [0.1, 0.15) is 57.3 Å². The monoisotopic (exact) mass is 450 g/mol. The molecule has 4 rings (SSSR count). The summed E-state index contributed by atoms with van der Waals surface area (Å²) in [5.41, 5.74) is 2.85. The van der Waals surface area contributed by atoms with Gasteiger partial charge in [-0.1, -0.05) is 12.2 Å². The molecule has 0 radical (unpaired) electrons. The zero-order chi connectivity index (χ0) is 23.4. The van der Waals surface area contributed by atoms with E-state index in [1.54, 1.807) is 12.1 Å². The van der Waals surface area contributed by atoms with E-state index in [2.05, 4.69) is 11.1 Å². The molecule has 33 heavy (non-hydrogen) atoms. The molecule has 1 saturated heterocycles. The Kier molecular flexibility index (Phi) is 6.91. The van der Waals surface area contributed by atoms with Gasteiger partial charge in [-0.15, -0.1) is 0 Å². The number of aromatic nitrogens is 2. The first-order chi connectivity index (χ1) is 16.0. The highest BCUT2D eigenvalue weighted by Crippen LogP contribution is 2.32. The van der Waals surface area contributed by atoms with Crippen molar-refractivity contribution in [3.63, 3.8) is 0 Å². The first-order valence-corrected chi connectivity index (χ1v) is 11.3. The van der Waals surface area contributed by atoms with Gasteiger partial charge in [0, 0.05) is 43.9 Å². The Hall–Kier alpha value is -3.42. The van der Waals surface area contributed by atoms with E-state index in [0.717, 1.165) is 37.2 Å². The summed E-state index contributed by atoms with van der Waals surface area (Å²) in [5, 5.41) is 0. The first kappa shape index (κ1) is 22.8. The van der Waals surface area contributed by atoms with Crippen molar-refractivity contribution >= 4 is 11.8 Å². The summed E-state index contributed by atoms with van der Waals surface area (Å²) >= 11 is 0. The molecule has 174 valence electrons. The molecule has 0 aromatic carbocycles. The van der Waals surface area contributed by atoms with Crippen LogP contribution >= 0.6 is 0 Å². The highest BCUT2D eigenvalue weighted by molar-refractivity contribution is 5.97. The van der Waals surface area contributed by atoms with Crippen molar-refractivity contribution in [3.8, 4) is 11.8 Å². The largest absolute Gasteiger partial charge is 0.481 e. The Bertz CT molecular complexity index is 1060. The Labute approximate surface area is 194 Å². The van der Waals surface area contributed by atoms with Crippen LogP contribution in [0, 0.1) is 6.92 Å². The van der Waals surface area contributed by atoms with Crippen molar-refractivity contribution in [1.82, 2.24) is 19.8 Å². The second-order valence-electron chi connectivity index (χ2n) is 8.37. The molecule has 0 unspecified atom stereocenters. The lowest BCUT2D eigenvalue weighted by Crippen LogP contribution is -2.39. The number of nitrogens with zero attached hydrogens (tertiary/aromatic N) is 4. The molecule has 0 saturated carbocycles. The normalized spacial score (nSPS) is 16.6.